The van der Waals surface area contributed by atoms with Gasteiger partial charge in [0.1, 0.15) is 0 Å². The molecule has 2 fully saturated rings. The van der Waals surface area contributed by atoms with Crippen molar-refractivity contribution in [1.29, 1.82) is 0 Å². The number of rotatable bonds is 6. The van der Waals surface area contributed by atoms with Gasteiger partial charge in [-0.15, -0.1) is 0 Å². The topological polar surface area (TPSA) is 79.0 Å². The fraction of sp³-hybridized carbons (Fsp3) is 0.833. The lowest BCUT2D eigenvalue weighted by atomic mass is 10.1. The van der Waals surface area contributed by atoms with Gasteiger partial charge in [0.25, 0.3) is 0 Å². The average molecular weight is 364 g/mol. The van der Waals surface area contributed by atoms with E-state index in [2.05, 4.69) is 44.1 Å². The van der Waals surface area contributed by atoms with Crippen molar-refractivity contribution in [2.24, 2.45) is 10.9 Å². The zero-order chi connectivity index (χ0) is 18.4. The summed E-state index contributed by atoms with van der Waals surface area (Å²) in [7, 11) is 1.85. The number of aromatic nitrogens is 2. The van der Waals surface area contributed by atoms with Crippen molar-refractivity contribution in [1.82, 2.24) is 25.3 Å². The summed E-state index contributed by atoms with van der Waals surface area (Å²) in [5, 5.41) is 7.45. The summed E-state index contributed by atoms with van der Waals surface area (Å²) in [5.74, 6) is 3.42. The van der Waals surface area contributed by atoms with Crippen LogP contribution in [0.2, 0.25) is 0 Å². The molecule has 146 valence electrons. The molecule has 0 bridgehead atoms. The van der Waals surface area contributed by atoms with E-state index in [9.17, 15) is 0 Å². The highest BCUT2D eigenvalue weighted by Gasteiger charge is 2.27. The van der Waals surface area contributed by atoms with Crippen LogP contribution in [0.1, 0.15) is 37.9 Å². The normalized spacial score (nSPS) is 22.4. The van der Waals surface area contributed by atoms with E-state index < -0.39 is 0 Å². The van der Waals surface area contributed by atoms with Crippen molar-refractivity contribution in [3.63, 3.8) is 0 Å². The SMILES string of the molecule is CN=C(NCCc1nc(C(C)C)no1)N1CCC(CN2CCOCC2)C1. The van der Waals surface area contributed by atoms with E-state index in [0.29, 0.717) is 24.1 Å². The van der Waals surface area contributed by atoms with Crippen molar-refractivity contribution in [3.8, 4) is 0 Å². The molecule has 8 heteroatoms. The van der Waals surface area contributed by atoms with Crippen LogP contribution in [-0.4, -0.2) is 85.4 Å². The molecule has 3 heterocycles. The summed E-state index contributed by atoms with van der Waals surface area (Å²) >= 11 is 0. The second-order valence-corrected chi connectivity index (χ2v) is 7.44. The first-order chi connectivity index (χ1) is 12.7. The number of morpholine rings is 1. The number of nitrogens with zero attached hydrogens (tertiary/aromatic N) is 5. The van der Waals surface area contributed by atoms with E-state index in [1.165, 1.54) is 6.42 Å². The standard InChI is InChI=1S/C18H32N6O2/c1-14(2)17-21-16(26-22-17)4-6-20-18(19-3)24-7-5-15(13-24)12-23-8-10-25-11-9-23/h14-15H,4-13H2,1-3H3,(H,19,20). The van der Waals surface area contributed by atoms with Gasteiger partial charge in [-0.05, 0) is 12.3 Å². The van der Waals surface area contributed by atoms with Gasteiger partial charge in [-0.1, -0.05) is 19.0 Å². The predicted octanol–water partition coefficient (Wildman–Crippen LogP) is 0.965. The minimum atomic E-state index is 0.293. The summed E-state index contributed by atoms with van der Waals surface area (Å²) in [6, 6.07) is 0. The number of nitrogens with one attached hydrogen (secondary N) is 1. The number of likely N-dealkylation sites (tertiary alicyclic amines) is 1. The van der Waals surface area contributed by atoms with Gasteiger partial charge < -0.3 is 19.5 Å². The fourth-order valence-corrected chi connectivity index (χ4v) is 3.54. The van der Waals surface area contributed by atoms with Crippen LogP contribution in [0.15, 0.2) is 9.52 Å². The molecule has 0 aromatic carbocycles. The lowest BCUT2D eigenvalue weighted by Crippen LogP contribution is -2.42. The molecule has 0 spiro atoms. The molecule has 1 N–H and O–H groups in total. The Kier molecular flexibility index (Phi) is 6.85. The third-order valence-corrected chi connectivity index (χ3v) is 5.04. The molecular formula is C18H32N6O2. The molecule has 1 unspecified atom stereocenters. The van der Waals surface area contributed by atoms with Crippen molar-refractivity contribution >= 4 is 5.96 Å². The van der Waals surface area contributed by atoms with Crippen molar-refractivity contribution in [2.45, 2.75) is 32.6 Å². The zero-order valence-corrected chi connectivity index (χ0v) is 16.3. The van der Waals surface area contributed by atoms with Crippen LogP contribution in [0.5, 0.6) is 0 Å². The van der Waals surface area contributed by atoms with Crippen molar-refractivity contribution in [2.75, 3.05) is 59.5 Å². The van der Waals surface area contributed by atoms with Gasteiger partial charge >= 0.3 is 0 Å². The molecule has 0 aliphatic carbocycles. The molecule has 3 rings (SSSR count). The molecule has 8 nitrogen and oxygen atoms in total. The summed E-state index contributed by atoms with van der Waals surface area (Å²) in [6.07, 6.45) is 1.93. The maximum absolute atomic E-state index is 5.44. The molecule has 2 saturated heterocycles. The van der Waals surface area contributed by atoms with E-state index in [4.69, 9.17) is 9.26 Å². The molecule has 2 aliphatic heterocycles. The van der Waals surface area contributed by atoms with Crippen LogP contribution in [0.25, 0.3) is 0 Å². The van der Waals surface area contributed by atoms with Crippen LogP contribution in [-0.2, 0) is 11.2 Å². The van der Waals surface area contributed by atoms with Crippen molar-refractivity contribution < 1.29 is 9.26 Å². The first kappa shape index (κ1) is 19.1. The predicted molar refractivity (Wildman–Crippen MR) is 100 cm³/mol. The highest BCUT2D eigenvalue weighted by molar-refractivity contribution is 5.80. The van der Waals surface area contributed by atoms with Crippen molar-refractivity contribution in [3.05, 3.63) is 11.7 Å². The van der Waals surface area contributed by atoms with Crippen LogP contribution >= 0.6 is 0 Å². The molecule has 0 amide bonds. The Bertz CT molecular complexity index is 582. The Balaban J connectivity index is 1.41. The number of hydrogen-bond donors (Lipinski definition) is 1. The third-order valence-electron chi connectivity index (χ3n) is 5.04. The lowest BCUT2D eigenvalue weighted by molar-refractivity contribution is 0.0315. The van der Waals surface area contributed by atoms with Crippen LogP contribution in [0, 0.1) is 5.92 Å². The first-order valence-electron chi connectivity index (χ1n) is 9.74. The first-order valence-corrected chi connectivity index (χ1v) is 9.74. The van der Waals surface area contributed by atoms with Crippen LogP contribution in [0.4, 0.5) is 0 Å². The summed E-state index contributed by atoms with van der Waals surface area (Å²) in [5.41, 5.74) is 0. The summed E-state index contributed by atoms with van der Waals surface area (Å²) < 4.78 is 10.7. The van der Waals surface area contributed by atoms with E-state index in [-0.39, 0.29) is 0 Å². The maximum Gasteiger partial charge on any atom is 0.228 e. The van der Waals surface area contributed by atoms with E-state index in [1.807, 2.05) is 7.05 Å². The molecule has 1 atom stereocenters. The Morgan fingerprint density at radius 3 is 2.81 bits per heavy atom. The summed E-state index contributed by atoms with van der Waals surface area (Å²) in [6.45, 7) is 12.0. The van der Waals surface area contributed by atoms with E-state index in [1.54, 1.807) is 0 Å². The molecule has 0 saturated carbocycles. The molecule has 1 aromatic heterocycles. The second-order valence-electron chi connectivity index (χ2n) is 7.44. The Labute approximate surface area is 156 Å². The monoisotopic (exact) mass is 364 g/mol. The maximum atomic E-state index is 5.44. The van der Waals surface area contributed by atoms with E-state index >= 15 is 0 Å². The third kappa shape index (κ3) is 5.17. The van der Waals surface area contributed by atoms with Gasteiger partial charge in [0.05, 0.1) is 13.2 Å². The van der Waals surface area contributed by atoms with Gasteiger partial charge in [-0.2, -0.15) is 4.98 Å². The average Bonchev–Trinajstić information content (AvgIpc) is 3.29. The molecule has 2 aliphatic rings. The smallest absolute Gasteiger partial charge is 0.228 e. The highest BCUT2D eigenvalue weighted by atomic mass is 16.5. The molecule has 1 aromatic rings. The molecular weight excluding hydrogens is 332 g/mol. The van der Waals surface area contributed by atoms with Gasteiger partial charge in [-0.3, -0.25) is 9.89 Å². The number of guanidine groups is 1. The van der Waals surface area contributed by atoms with Gasteiger partial charge in [0, 0.05) is 58.7 Å². The quantitative estimate of drug-likeness (QED) is 0.595. The van der Waals surface area contributed by atoms with Gasteiger partial charge in [-0.25, -0.2) is 0 Å². The largest absolute Gasteiger partial charge is 0.379 e. The second kappa shape index (κ2) is 9.32. The Hall–Kier alpha value is -1.67. The minimum Gasteiger partial charge on any atom is -0.379 e. The molecule has 26 heavy (non-hydrogen) atoms. The van der Waals surface area contributed by atoms with Gasteiger partial charge in [0.15, 0.2) is 11.8 Å². The Morgan fingerprint density at radius 1 is 1.31 bits per heavy atom. The highest BCUT2D eigenvalue weighted by Crippen LogP contribution is 2.18. The zero-order valence-electron chi connectivity index (χ0n) is 16.3. The Morgan fingerprint density at radius 2 is 2.12 bits per heavy atom. The van der Waals surface area contributed by atoms with E-state index in [0.717, 1.165) is 64.3 Å². The number of aliphatic imine (C=N–C) groups is 1. The minimum absolute atomic E-state index is 0.293. The lowest BCUT2D eigenvalue weighted by Gasteiger charge is -2.29. The summed E-state index contributed by atoms with van der Waals surface area (Å²) in [4.78, 5) is 13.8. The van der Waals surface area contributed by atoms with Gasteiger partial charge in [0.2, 0.25) is 5.89 Å². The number of ether oxygens (including phenoxy) is 1. The fourth-order valence-electron chi connectivity index (χ4n) is 3.54. The molecule has 0 radical (unpaired) electrons. The van der Waals surface area contributed by atoms with Crippen LogP contribution in [0.3, 0.4) is 0 Å². The number of hydrogen-bond acceptors (Lipinski definition) is 6. The van der Waals surface area contributed by atoms with Crippen LogP contribution < -0.4 is 5.32 Å².